The van der Waals surface area contributed by atoms with E-state index >= 15 is 0 Å². The molecule has 0 saturated carbocycles. The average Bonchev–Trinajstić information content (AvgIpc) is 3.10. The quantitative estimate of drug-likeness (QED) is 0.512. The summed E-state index contributed by atoms with van der Waals surface area (Å²) in [6.45, 7) is 3.64. The molecule has 31 heavy (non-hydrogen) atoms. The van der Waals surface area contributed by atoms with E-state index in [1.807, 2.05) is 37.3 Å². The summed E-state index contributed by atoms with van der Waals surface area (Å²) in [5.41, 5.74) is 1.74. The molecule has 3 rings (SSSR count). The van der Waals surface area contributed by atoms with Crippen LogP contribution in [0.1, 0.15) is 33.8 Å². The van der Waals surface area contributed by atoms with Crippen molar-refractivity contribution in [2.75, 3.05) is 20.2 Å². The highest BCUT2D eigenvalue weighted by Gasteiger charge is 2.19. The number of fused-ring (bicyclic) bond motifs is 1. The SMILES string of the molecule is Cc1noc(C)c1COc1cc2ccccc2cc1C(=O)OCC(=O)N(C)CCC#N. The van der Waals surface area contributed by atoms with Crippen molar-refractivity contribution >= 4 is 22.6 Å². The first kappa shape index (κ1) is 21.8. The van der Waals surface area contributed by atoms with Gasteiger partial charge in [-0.2, -0.15) is 5.26 Å². The van der Waals surface area contributed by atoms with Gasteiger partial charge in [0.2, 0.25) is 0 Å². The molecular formula is C23H23N3O5. The second-order valence-corrected chi connectivity index (χ2v) is 7.09. The Morgan fingerprint density at radius 3 is 2.55 bits per heavy atom. The molecule has 1 aromatic heterocycles. The third-order valence-corrected chi connectivity index (χ3v) is 4.93. The molecule has 0 bridgehead atoms. The van der Waals surface area contributed by atoms with E-state index < -0.39 is 12.6 Å². The number of carbonyl (C=O) groups excluding carboxylic acids is 2. The van der Waals surface area contributed by atoms with Crippen molar-refractivity contribution in [3.8, 4) is 11.8 Å². The second kappa shape index (κ2) is 9.76. The molecule has 1 heterocycles. The molecule has 0 aliphatic heterocycles. The maximum Gasteiger partial charge on any atom is 0.342 e. The number of amides is 1. The topological polar surface area (TPSA) is 106 Å². The van der Waals surface area contributed by atoms with Gasteiger partial charge in [-0.3, -0.25) is 4.79 Å². The number of carbonyl (C=O) groups is 2. The van der Waals surface area contributed by atoms with Gasteiger partial charge in [-0.25, -0.2) is 4.79 Å². The highest BCUT2D eigenvalue weighted by atomic mass is 16.5. The second-order valence-electron chi connectivity index (χ2n) is 7.09. The molecule has 0 radical (unpaired) electrons. The van der Waals surface area contributed by atoms with Crippen molar-refractivity contribution < 1.29 is 23.6 Å². The van der Waals surface area contributed by atoms with Crippen molar-refractivity contribution in [1.29, 1.82) is 5.26 Å². The lowest BCUT2D eigenvalue weighted by molar-refractivity contribution is -0.133. The molecule has 0 fully saturated rings. The van der Waals surface area contributed by atoms with Gasteiger partial charge in [0, 0.05) is 13.6 Å². The average molecular weight is 421 g/mol. The molecule has 0 N–H and O–H groups in total. The summed E-state index contributed by atoms with van der Waals surface area (Å²) in [7, 11) is 1.56. The predicted octanol–water partition coefficient (Wildman–Crippen LogP) is 3.55. The van der Waals surface area contributed by atoms with E-state index in [0.29, 0.717) is 17.2 Å². The summed E-state index contributed by atoms with van der Waals surface area (Å²) >= 11 is 0. The molecule has 8 heteroatoms. The molecule has 0 saturated heterocycles. The Balaban J connectivity index is 1.80. The minimum absolute atomic E-state index is 0.176. The predicted molar refractivity (Wildman–Crippen MR) is 112 cm³/mol. The first-order chi connectivity index (χ1) is 14.9. The van der Waals surface area contributed by atoms with Crippen LogP contribution in [0.3, 0.4) is 0 Å². The minimum atomic E-state index is -0.665. The summed E-state index contributed by atoms with van der Waals surface area (Å²) in [5.74, 6) is -0.0634. The fourth-order valence-corrected chi connectivity index (χ4v) is 3.01. The van der Waals surface area contributed by atoms with Crippen molar-refractivity contribution in [1.82, 2.24) is 10.1 Å². The van der Waals surface area contributed by atoms with Crippen LogP contribution in [-0.4, -0.2) is 42.1 Å². The molecule has 0 unspecified atom stereocenters. The fourth-order valence-electron chi connectivity index (χ4n) is 3.01. The number of likely N-dealkylation sites (N-methyl/N-ethyl adjacent to an activating group) is 1. The molecule has 8 nitrogen and oxygen atoms in total. The molecular weight excluding hydrogens is 398 g/mol. The lowest BCUT2D eigenvalue weighted by Crippen LogP contribution is -2.32. The van der Waals surface area contributed by atoms with Crippen molar-refractivity contribution in [3.63, 3.8) is 0 Å². The van der Waals surface area contributed by atoms with E-state index in [9.17, 15) is 9.59 Å². The number of ether oxygens (including phenoxy) is 2. The maximum atomic E-state index is 12.8. The fraction of sp³-hybridized carbons (Fsp3) is 0.304. The van der Waals surface area contributed by atoms with E-state index in [0.717, 1.165) is 16.3 Å². The number of benzene rings is 2. The first-order valence-electron chi connectivity index (χ1n) is 9.76. The van der Waals surface area contributed by atoms with Crippen LogP contribution in [0.15, 0.2) is 40.9 Å². The van der Waals surface area contributed by atoms with Crippen molar-refractivity contribution in [2.24, 2.45) is 0 Å². The van der Waals surface area contributed by atoms with E-state index in [1.54, 1.807) is 26.1 Å². The lowest BCUT2D eigenvalue weighted by Gasteiger charge is -2.16. The van der Waals surface area contributed by atoms with Gasteiger partial charge in [-0.05, 0) is 36.8 Å². The first-order valence-corrected chi connectivity index (χ1v) is 9.76. The van der Waals surface area contributed by atoms with Crippen LogP contribution in [0, 0.1) is 25.2 Å². The Bertz CT molecular complexity index is 1130. The zero-order valence-electron chi connectivity index (χ0n) is 17.7. The van der Waals surface area contributed by atoms with Gasteiger partial charge in [0.05, 0.1) is 23.7 Å². The molecule has 0 atom stereocenters. The van der Waals surface area contributed by atoms with Crippen LogP contribution in [0.4, 0.5) is 0 Å². The molecule has 0 aliphatic carbocycles. The largest absolute Gasteiger partial charge is 0.488 e. The van der Waals surface area contributed by atoms with E-state index in [1.165, 1.54) is 4.90 Å². The third kappa shape index (κ3) is 5.20. The number of hydrogen-bond donors (Lipinski definition) is 0. The molecule has 1 amide bonds. The lowest BCUT2D eigenvalue weighted by atomic mass is 10.1. The van der Waals surface area contributed by atoms with Gasteiger partial charge in [-0.1, -0.05) is 29.4 Å². The number of nitrogens with zero attached hydrogens (tertiary/aromatic N) is 3. The Labute approximate surface area is 179 Å². The summed E-state index contributed by atoms with van der Waals surface area (Å²) in [4.78, 5) is 26.3. The Kier molecular flexibility index (Phi) is 6.88. The van der Waals surface area contributed by atoms with Gasteiger partial charge >= 0.3 is 5.97 Å². The van der Waals surface area contributed by atoms with Gasteiger partial charge in [0.1, 0.15) is 23.7 Å². The number of esters is 1. The number of aryl methyl sites for hydroxylation is 2. The minimum Gasteiger partial charge on any atom is -0.488 e. The molecule has 0 spiro atoms. The Hall–Kier alpha value is -3.86. The van der Waals surface area contributed by atoms with Crippen LogP contribution in [0.25, 0.3) is 10.8 Å². The third-order valence-electron chi connectivity index (χ3n) is 4.93. The summed E-state index contributed by atoms with van der Waals surface area (Å²) in [5, 5.41) is 14.3. The molecule has 0 aliphatic rings. The van der Waals surface area contributed by atoms with Gasteiger partial charge in [0.25, 0.3) is 5.91 Å². The van der Waals surface area contributed by atoms with Gasteiger partial charge in [0.15, 0.2) is 6.61 Å². The zero-order valence-corrected chi connectivity index (χ0v) is 17.7. The van der Waals surface area contributed by atoms with E-state index in [-0.39, 0.29) is 31.0 Å². The number of nitriles is 1. The van der Waals surface area contributed by atoms with Crippen molar-refractivity contribution in [2.45, 2.75) is 26.9 Å². The normalized spacial score (nSPS) is 10.5. The summed E-state index contributed by atoms with van der Waals surface area (Å²) in [6.07, 6.45) is 0.209. The highest BCUT2D eigenvalue weighted by molar-refractivity contribution is 5.99. The number of hydrogen-bond acceptors (Lipinski definition) is 7. The highest BCUT2D eigenvalue weighted by Crippen LogP contribution is 2.28. The smallest absolute Gasteiger partial charge is 0.342 e. The molecule has 3 aromatic rings. The summed E-state index contributed by atoms with van der Waals surface area (Å²) in [6, 6.07) is 13.0. The standard InChI is InChI=1S/C23H23N3O5/c1-15-20(16(2)31-25-15)13-29-21-12-18-8-5-4-7-17(18)11-19(21)23(28)30-14-22(27)26(3)10-6-9-24/h4-5,7-8,11-12H,6,10,13-14H2,1-3H3. The van der Waals surface area contributed by atoms with Crippen LogP contribution in [0.2, 0.25) is 0 Å². The van der Waals surface area contributed by atoms with Crippen LogP contribution in [0.5, 0.6) is 5.75 Å². The van der Waals surface area contributed by atoms with Crippen LogP contribution < -0.4 is 4.74 Å². The Morgan fingerprint density at radius 2 is 1.90 bits per heavy atom. The number of aromatic nitrogens is 1. The maximum absolute atomic E-state index is 12.8. The van der Waals surface area contributed by atoms with Crippen molar-refractivity contribution in [3.05, 3.63) is 59.0 Å². The number of rotatable bonds is 8. The zero-order chi connectivity index (χ0) is 22.4. The van der Waals surface area contributed by atoms with E-state index in [2.05, 4.69) is 5.16 Å². The van der Waals surface area contributed by atoms with Gasteiger partial charge in [-0.15, -0.1) is 0 Å². The Morgan fingerprint density at radius 1 is 1.19 bits per heavy atom. The van der Waals surface area contributed by atoms with Gasteiger partial charge < -0.3 is 18.9 Å². The van der Waals surface area contributed by atoms with E-state index in [4.69, 9.17) is 19.3 Å². The van der Waals surface area contributed by atoms with Crippen LogP contribution in [-0.2, 0) is 16.1 Å². The van der Waals surface area contributed by atoms with Crippen LogP contribution >= 0.6 is 0 Å². The molecule has 160 valence electrons. The molecule has 2 aromatic carbocycles. The summed E-state index contributed by atoms with van der Waals surface area (Å²) < 4.78 is 16.4. The monoisotopic (exact) mass is 421 g/mol.